The van der Waals surface area contributed by atoms with Crippen molar-refractivity contribution in [1.29, 1.82) is 0 Å². The topological polar surface area (TPSA) is 81.1 Å². The predicted molar refractivity (Wildman–Crippen MR) is 99.2 cm³/mol. The summed E-state index contributed by atoms with van der Waals surface area (Å²) in [4.78, 5) is 34.3. The third-order valence-corrected chi connectivity index (χ3v) is 3.92. The number of nitrogens with zero attached hydrogens (tertiary/aromatic N) is 2. The highest BCUT2D eigenvalue weighted by Gasteiger charge is 2.07. The summed E-state index contributed by atoms with van der Waals surface area (Å²) >= 11 is 0. The maximum absolute atomic E-state index is 12.2. The second-order valence-electron chi connectivity index (χ2n) is 5.81. The van der Waals surface area contributed by atoms with Crippen LogP contribution in [0.1, 0.15) is 22.8 Å². The number of nitrogens with one attached hydrogen (secondary N) is 1. The van der Waals surface area contributed by atoms with Crippen molar-refractivity contribution in [2.45, 2.75) is 13.5 Å². The lowest BCUT2D eigenvalue weighted by Gasteiger charge is -2.09. The summed E-state index contributed by atoms with van der Waals surface area (Å²) in [7, 11) is 0. The van der Waals surface area contributed by atoms with E-state index in [0.717, 1.165) is 11.1 Å². The van der Waals surface area contributed by atoms with Crippen LogP contribution in [0.2, 0.25) is 0 Å². The third kappa shape index (κ3) is 3.92. The average molecular weight is 347 g/mol. The molecule has 0 spiro atoms. The minimum Gasteiger partial charge on any atom is -0.329 e. The summed E-state index contributed by atoms with van der Waals surface area (Å²) in [5, 5.41) is 7.00. The Morgan fingerprint density at radius 1 is 1.12 bits per heavy atom. The maximum Gasteiger partial charge on any atom is 0.267 e. The van der Waals surface area contributed by atoms with Crippen molar-refractivity contribution in [2.24, 2.45) is 0 Å². The summed E-state index contributed by atoms with van der Waals surface area (Å²) in [6.07, 6.45) is 0.603. The largest absolute Gasteiger partial charge is 0.329 e. The molecule has 0 aliphatic heterocycles. The van der Waals surface area contributed by atoms with E-state index in [0.29, 0.717) is 23.4 Å². The van der Waals surface area contributed by atoms with Crippen LogP contribution >= 0.6 is 0 Å². The molecule has 26 heavy (non-hydrogen) atoms. The van der Waals surface area contributed by atoms with Crippen LogP contribution in [0.15, 0.2) is 65.5 Å². The van der Waals surface area contributed by atoms with Gasteiger partial charge in [-0.15, -0.1) is 0 Å². The highest BCUT2D eigenvalue weighted by Crippen LogP contribution is 2.18. The Hall–Kier alpha value is -3.54. The molecule has 2 aromatic carbocycles. The van der Waals surface area contributed by atoms with E-state index in [-0.39, 0.29) is 17.9 Å². The Morgan fingerprint density at radius 3 is 2.69 bits per heavy atom. The molecule has 0 radical (unpaired) electrons. The molecule has 0 saturated heterocycles. The van der Waals surface area contributed by atoms with E-state index in [1.165, 1.54) is 17.7 Å². The number of rotatable bonds is 6. The minimum atomic E-state index is -0.231. The number of hydrogen-bond acceptors (Lipinski definition) is 4. The fourth-order valence-electron chi connectivity index (χ4n) is 2.61. The van der Waals surface area contributed by atoms with Gasteiger partial charge in [0, 0.05) is 22.9 Å². The normalized spacial score (nSPS) is 10.3. The van der Waals surface area contributed by atoms with Crippen LogP contribution in [-0.4, -0.2) is 22.0 Å². The molecule has 3 rings (SSSR count). The number of Topliss-reactive ketones (excluding diaryl/α,β-unsaturated/α-hetero) is 1. The summed E-state index contributed by atoms with van der Waals surface area (Å²) in [5.41, 5.74) is 3.22. The minimum absolute atomic E-state index is 0.0281. The Kier molecular flexibility index (Phi) is 5.03. The zero-order valence-electron chi connectivity index (χ0n) is 14.2. The van der Waals surface area contributed by atoms with Gasteiger partial charge in [-0.1, -0.05) is 30.3 Å². The predicted octanol–water partition coefficient (Wildman–Crippen LogP) is 2.73. The quantitative estimate of drug-likeness (QED) is 0.549. The first-order valence-corrected chi connectivity index (χ1v) is 8.05. The lowest BCUT2D eigenvalue weighted by atomic mass is 10.1. The van der Waals surface area contributed by atoms with E-state index in [9.17, 15) is 14.4 Å². The lowest BCUT2D eigenvalue weighted by molar-refractivity contribution is -0.105. The molecule has 6 heteroatoms. The summed E-state index contributed by atoms with van der Waals surface area (Å²) in [6, 6.07) is 17.4. The second-order valence-corrected chi connectivity index (χ2v) is 5.81. The zero-order valence-corrected chi connectivity index (χ0v) is 14.2. The fraction of sp³-hybridized carbons (Fsp3) is 0.100. The van der Waals surface area contributed by atoms with Gasteiger partial charge in [0.25, 0.3) is 5.56 Å². The highest BCUT2D eigenvalue weighted by molar-refractivity contribution is 5.95. The highest BCUT2D eigenvalue weighted by atomic mass is 16.1. The Morgan fingerprint density at radius 2 is 1.92 bits per heavy atom. The van der Waals surface area contributed by atoms with Crippen LogP contribution in [-0.2, 0) is 11.3 Å². The van der Waals surface area contributed by atoms with Crippen LogP contribution in [0.25, 0.3) is 11.3 Å². The first-order chi connectivity index (χ1) is 12.6. The van der Waals surface area contributed by atoms with Crippen molar-refractivity contribution in [2.75, 3.05) is 5.32 Å². The molecule has 0 unspecified atom stereocenters. The van der Waals surface area contributed by atoms with Gasteiger partial charge in [0.05, 0.1) is 12.2 Å². The summed E-state index contributed by atoms with van der Waals surface area (Å²) in [6.45, 7) is 1.78. The van der Waals surface area contributed by atoms with E-state index in [1.54, 1.807) is 42.5 Å². The molecule has 3 aromatic rings. The number of carbonyl (C=O) groups is 2. The molecule has 0 aliphatic carbocycles. The Bertz CT molecular complexity index is 1020. The molecule has 1 aromatic heterocycles. The summed E-state index contributed by atoms with van der Waals surface area (Å²) < 4.78 is 1.36. The van der Waals surface area contributed by atoms with Gasteiger partial charge in [0.2, 0.25) is 6.41 Å². The smallest absolute Gasteiger partial charge is 0.267 e. The number of anilines is 1. The number of carbonyl (C=O) groups excluding carboxylic acids is 2. The molecule has 0 atom stereocenters. The van der Waals surface area contributed by atoms with E-state index >= 15 is 0 Å². The van der Waals surface area contributed by atoms with E-state index in [4.69, 9.17) is 0 Å². The molecule has 1 amide bonds. The van der Waals surface area contributed by atoms with Crippen LogP contribution in [0.4, 0.5) is 5.69 Å². The van der Waals surface area contributed by atoms with Gasteiger partial charge < -0.3 is 5.32 Å². The standard InChI is InChI=1S/C20H17N3O3/c1-14(25)16-5-3-6-17(11-16)19-8-9-20(26)23(22-19)12-15-4-2-7-18(10-15)21-13-24/h2-11,13H,12H2,1H3,(H,21,24). The van der Waals surface area contributed by atoms with Crippen molar-refractivity contribution in [3.05, 3.63) is 82.1 Å². The molecule has 0 bridgehead atoms. The number of ketones is 1. The van der Waals surface area contributed by atoms with Gasteiger partial charge in [-0.2, -0.15) is 5.10 Å². The lowest BCUT2D eigenvalue weighted by Crippen LogP contribution is -2.22. The van der Waals surface area contributed by atoms with E-state index < -0.39 is 0 Å². The molecule has 0 fully saturated rings. The van der Waals surface area contributed by atoms with Gasteiger partial charge >= 0.3 is 0 Å². The van der Waals surface area contributed by atoms with Crippen molar-refractivity contribution < 1.29 is 9.59 Å². The molecule has 130 valence electrons. The second kappa shape index (κ2) is 7.57. The number of hydrogen-bond donors (Lipinski definition) is 1. The molecule has 1 N–H and O–H groups in total. The number of aromatic nitrogens is 2. The first kappa shape index (κ1) is 17.3. The van der Waals surface area contributed by atoms with Crippen molar-refractivity contribution >= 4 is 17.9 Å². The van der Waals surface area contributed by atoms with Crippen molar-refractivity contribution in [3.63, 3.8) is 0 Å². The summed E-state index contributed by atoms with van der Waals surface area (Å²) in [5.74, 6) is -0.0281. The average Bonchev–Trinajstić information content (AvgIpc) is 2.64. The van der Waals surface area contributed by atoms with Crippen LogP contribution < -0.4 is 10.9 Å². The fourth-order valence-corrected chi connectivity index (χ4v) is 2.61. The van der Waals surface area contributed by atoms with Crippen LogP contribution in [0, 0.1) is 0 Å². The molecule has 1 heterocycles. The third-order valence-electron chi connectivity index (χ3n) is 3.92. The zero-order chi connectivity index (χ0) is 18.5. The maximum atomic E-state index is 12.2. The van der Waals surface area contributed by atoms with Gasteiger partial charge in [0.15, 0.2) is 5.78 Å². The molecular weight excluding hydrogens is 330 g/mol. The Balaban J connectivity index is 1.94. The number of benzene rings is 2. The van der Waals surface area contributed by atoms with Crippen molar-refractivity contribution in [3.8, 4) is 11.3 Å². The van der Waals surface area contributed by atoms with Crippen LogP contribution in [0.5, 0.6) is 0 Å². The molecular formula is C20H17N3O3. The SMILES string of the molecule is CC(=O)c1cccc(-c2ccc(=O)n(Cc3cccc(NC=O)c3)n2)c1. The van der Waals surface area contributed by atoms with E-state index in [1.807, 2.05) is 12.1 Å². The monoisotopic (exact) mass is 347 g/mol. The van der Waals surface area contributed by atoms with Gasteiger partial charge in [-0.3, -0.25) is 14.4 Å². The van der Waals surface area contributed by atoms with Crippen molar-refractivity contribution in [1.82, 2.24) is 9.78 Å². The molecule has 6 nitrogen and oxygen atoms in total. The molecule has 0 aliphatic rings. The Labute approximate surface area is 150 Å². The van der Waals surface area contributed by atoms with Gasteiger partial charge in [-0.25, -0.2) is 4.68 Å². The van der Waals surface area contributed by atoms with Gasteiger partial charge in [0.1, 0.15) is 0 Å². The van der Waals surface area contributed by atoms with Gasteiger partial charge in [-0.05, 0) is 36.8 Å². The van der Waals surface area contributed by atoms with Crippen LogP contribution in [0.3, 0.4) is 0 Å². The first-order valence-electron chi connectivity index (χ1n) is 8.05. The molecule has 0 saturated carbocycles. The number of amides is 1. The van der Waals surface area contributed by atoms with E-state index in [2.05, 4.69) is 10.4 Å².